The SMILES string of the molecule is CCOC(=O)CC[C@@H](NC(=O)c1ccc(NS(=O)(=O)c2cccc3c2ccc2nc(C)[nH]c(=O)c23)cc1)C(=O)OCC. The average molecular weight is 595 g/mol. The number of carbonyl (C=O) groups excluding carboxylic acids is 3. The number of aromatic amines is 1. The minimum atomic E-state index is -4.11. The van der Waals surface area contributed by atoms with Crippen molar-refractivity contribution in [2.45, 2.75) is 44.6 Å². The molecule has 3 N–H and O–H groups in total. The molecule has 0 bridgehead atoms. The number of hydrogen-bond donors (Lipinski definition) is 3. The molecule has 12 nitrogen and oxygen atoms in total. The van der Waals surface area contributed by atoms with Crippen molar-refractivity contribution in [2.75, 3.05) is 17.9 Å². The third-order valence-electron chi connectivity index (χ3n) is 6.32. The summed E-state index contributed by atoms with van der Waals surface area (Å²) in [5.74, 6) is -1.35. The summed E-state index contributed by atoms with van der Waals surface area (Å²) in [6, 6.07) is 12.4. The molecule has 0 radical (unpaired) electrons. The Morgan fingerprint density at radius 2 is 1.67 bits per heavy atom. The monoisotopic (exact) mass is 594 g/mol. The number of carbonyl (C=O) groups is 3. The van der Waals surface area contributed by atoms with Gasteiger partial charge in [0, 0.05) is 23.1 Å². The lowest BCUT2D eigenvalue weighted by Gasteiger charge is -2.17. The molecule has 3 aromatic carbocycles. The molecule has 0 spiro atoms. The van der Waals surface area contributed by atoms with Gasteiger partial charge in [-0.25, -0.2) is 18.2 Å². The molecule has 42 heavy (non-hydrogen) atoms. The van der Waals surface area contributed by atoms with Crippen LogP contribution in [0, 0.1) is 6.92 Å². The number of sulfonamides is 1. The van der Waals surface area contributed by atoms with E-state index >= 15 is 0 Å². The second-order valence-corrected chi connectivity index (χ2v) is 10.9. The maximum atomic E-state index is 13.4. The normalized spacial score (nSPS) is 12.1. The summed E-state index contributed by atoms with van der Waals surface area (Å²) in [6.07, 6.45) is -0.101. The zero-order valence-electron chi connectivity index (χ0n) is 23.2. The Morgan fingerprint density at radius 3 is 2.36 bits per heavy atom. The number of amides is 1. The van der Waals surface area contributed by atoms with Gasteiger partial charge in [-0.15, -0.1) is 0 Å². The van der Waals surface area contributed by atoms with Crippen molar-refractivity contribution < 1.29 is 32.3 Å². The quantitative estimate of drug-likeness (QED) is 0.174. The molecular formula is C29H30N4O8S. The summed E-state index contributed by atoms with van der Waals surface area (Å²) in [5, 5.41) is 3.63. The van der Waals surface area contributed by atoms with Crippen molar-refractivity contribution in [3.8, 4) is 0 Å². The second-order valence-electron chi connectivity index (χ2n) is 9.27. The molecule has 0 saturated heterocycles. The van der Waals surface area contributed by atoms with Crippen LogP contribution in [0.2, 0.25) is 0 Å². The van der Waals surface area contributed by atoms with E-state index in [-0.39, 0.29) is 53.1 Å². The standard InChI is InChI=1S/C29H30N4O8S/c1-4-40-25(34)16-15-23(29(37)41-5-2)32-27(35)18-9-11-19(12-10-18)33-42(38,39)24-8-6-7-21-20(24)13-14-22-26(21)28(36)31-17(3)30-22/h6-14,23,33H,4-5,15-16H2,1-3H3,(H,32,35)(H,30,31,36)/t23-/m1/s1. The number of fused-ring (bicyclic) bond motifs is 3. The van der Waals surface area contributed by atoms with E-state index in [1.165, 1.54) is 30.3 Å². The lowest BCUT2D eigenvalue weighted by atomic mass is 10.1. The van der Waals surface area contributed by atoms with Gasteiger partial charge in [-0.3, -0.25) is 19.1 Å². The van der Waals surface area contributed by atoms with Crippen LogP contribution in [0.5, 0.6) is 0 Å². The maximum Gasteiger partial charge on any atom is 0.328 e. The van der Waals surface area contributed by atoms with E-state index < -0.39 is 33.9 Å². The van der Waals surface area contributed by atoms with Crippen molar-refractivity contribution >= 4 is 55.2 Å². The van der Waals surface area contributed by atoms with Crippen LogP contribution in [0.4, 0.5) is 5.69 Å². The topological polar surface area (TPSA) is 174 Å². The van der Waals surface area contributed by atoms with Crippen LogP contribution in [0.25, 0.3) is 21.7 Å². The maximum absolute atomic E-state index is 13.4. The van der Waals surface area contributed by atoms with Crippen LogP contribution in [-0.4, -0.2) is 55.5 Å². The minimum Gasteiger partial charge on any atom is -0.466 e. The van der Waals surface area contributed by atoms with E-state index in [1.807, 2.05) is 0 Å². The summed E-state index contributed by atoms with van der Waals surface area (Å²) in [6.45, 7) is 5.24. The smallest absolute Gasteiger partial charge is 0.328 e. The summed E-state index contributed by atoms with van der Waals surface area (Å²) in [4.78, 5) is 56.5. The fourth-order valence-electron chi connectivity index (χ4n) is 4.45. The highest BCUT2D eigenvalue weighted by Gasteiger charge is 2.24. The summed E-state index contributed by atoms with van der Waals surface area (Å²) in [5.41, 5.74) is 0.419. The van der Waals surface area contributed by atoms with Gasteiger partial charge in [0.1, 0.15) is 11.9 Å². The van der Waals surface area contributed by atoms with E-state index in [4.69, 9.17) is 9.47 Å². The van der Waals surface area contributed by atoms with Gasteiger partial charge in [0.15, 0.2) is 0 Å². The highest BCUT2D eigenvalue weighted by Crippen LogP contribution is 2.29. The van der Waals surface area contributed by atoms with Crippen molar-refractivity contribution in [2.24, 2.45) is 0 Å². The van der Waals surface area contributed by atoms with E-state index in [9.17, 15) is 27.6 Å². The number of ether oxygens (including phenoxy) is 2. The Kier molecular flexibility index (Phi) is 9.21. The lowest BCUT2D eigenvalue weighted by Crippen LogP contribution is -2.42. The van der Waals surface area contributed by atoms with Crippen LogP contribution in [0.1, 0.15) is 42.9 Å². The van der Waals surface area contributed by atoms with E-state index in [2.05, 4.69) is 20.0 Å². The second kappa shape index (κ2) is 12.8. The van der Waals surface area contributed by atoms with Gasteiger partial charge < -0.3 is 19.8 Å². The molecule has 1 heterocycles. The van der Waals surface area contributed by atoms with Crippen molar-refractivity contribution in [3.05, 3.63) is 76.3 Å². The van der Waals surface area contributed by atoms with Gasteiger partial charge in [-0.2, -0.15) is 0 Å². The number of benzene rings is 3. The Labute approximate surface area is 241 Å². The molecular weight excluding hydrogens is 564 g/mol. The van der Waals surface area contributed by atoms with Crippen LogP contribution in [0.3, 0.4) is 0 Å². The predicted octanol–water partition coefficient (Wildman–Crippen LogP) is 3.19. The van der Waals surface area contributed by atoms with Gasteiger partial charge in [-0.05, 0) is 69.0 Å². The van der Waals surface area contributed by atoms with Crippen molar-refractivity contribution in [3.63, 3.8) is 0 Å². The van der Waals surface area contributed by atoms with Crippen LogP contribution in [-0.2, 0) is 29.1 Å². The first-order valence-electron chi connectivity index (χ1n) is 13.2. The van der Waals surface area contributed by atoms with Gasteiger partial charge in [0.2, 0.25) is 0 Å². The van der Waals surface area contributed by atoms with E-state index in [0.29, 0.717) is 22.1 Å². The molecule has 0 saturated carbocycles. The van der Waals surface area contributed by atoms with Gasteiger partial charge in [0.25, 0.3) is 21.5 Å². The molecule has 0 aliphatic carbocycles. The Bertz CT molecular complexity index is 1820. The molecule has 220 valence electrons. The molecule has 1 aromatic heterocycles. The molecule has 0 aliphatic rings. The number of aryl methyl sites for hydroxylation is 1. The third kappa shape index (κ3) is 6.74. The molecule has 0 fully saturated rings. The van der Waals surface area contributed by atoms with Crippen molar-refractivity contribution in [1.29, 1.82) is 0 Å². The fourth-order valence-corrected chi connectivity index (χ4v) is 5.73. The molecule has 1 atom stereocenters. The molecule has 1 amide bonds. The summed E-state index contributed by atoms with van der Waals surface area (Å²) >= 11 is 0. The number of aromatic nitrogens is 2. The zero-order chi connectivity index (χ0) is 30.4. The summed E-state index contributed by atoms with van der Waals surface area (Å²) < 4.78 is 39.2. The highest BCUT2D eigenvalue weighted by molar-refractivity contribution is 7.93. The number of hydrogen-bond acceptors (Lipinski definition) is 9. The highest BCUT2D eigenvalue weighted by atomic mass is 32.2. The number of esters is 2. The van der Waals surface area contributed by atoms with Crippen molar-refractivity contribution in [1.82, 2.24) is 15.3 Å². The van der Waals surface area contributed by atoms with E-state index in [0.717, 1.165) is 0 Å². The fraction of sp³-hybridized carbons (Fsp3) is 0.276. The molecule has 13 heteroatoms. The first kappa shape index (κ1) is 30.2. The number of H-pyrrole nitrogens is 1. The van der Waals surface area contributed by atoms with E-state index in [1.54, 1.807) is 45.0 Å². The van der Waals surface area contributed by atoms with Crippen LogP contribution < -0.4 is 15.6 Å². The van der Waals surface area contributed by atoms with Gasteiger partial charge in [-0.1, -0.05) is 18.2 Å². The number of anilines is 1. The molecule has 4 aromatic rings. The van der Waals surface area contributed by atoms with Gasteiger partial charge in [0.05, 0.1) is 29.0 Å². The molecule has 0 aliphatic heterocycles. The number of nitrogens with zero attached hydrogens (tertiary/aromatic N) is 1. The molecule has 0 unspecified atom stereocenters. The lowest BCUT2D eigenvalue weighted by molar-refractivity contribution is -0.146. The van der Waals surface area contributed by atoms with Gasteiger partial charge >= 0.3 is 11.9 Å². The number of nitrogens with one attached hydrogen (secondary N) is 3. The van der Waals surface area contributed by atoms with Crippen LogP contribution in [0.15, 0.2) is 64.3 Å². The number of rotatable bonds is 11. The Morgan fingerprint density at radius 1 is 0.952 bits per heavy atom. The summed E-state index contributed by atoms with van der Waals surface area (Å²) in [7, 11) is -4.11. The van der Waals surface area contributed by atoms with Crippen LogP contribution >= 0.6 is 0 Å². The Balaban J connectivity index is 1.53. The minimum absolute atomic E-state index is 0.0108. The zero-order valence-corrected chi connectivity index (χ0v) is 24.0. The largest absolute Gasteiger partial charge is 0.466 e. The average Bonchev–Trinajstić information content (AvgIpc) is 2.94. The first-order chi connectivity index (χ1) is 20.0. The predicted molar refractivity (Wildman–Crippen MR) is 156 cm³/mol. The Hall–Kier alpha value is -4.78. The first-order valence-corrected chi connectivity index (χ1v) is 14.7. The third-order valence-corrected chi connectivity index (χ3v) is 7.76. The molecule has 4 rings (SSSR count).